The summed E-state index contributed by atoms with van der Waals surface area (Å²) in [5, 5.41) is 22.2. The van der Waals surface area contributed by atoms with Gasteiger partial charge in [-0.3, -0.25) is 0 Å². The maximum atomic E-state index is 9.86. The third kappa shape index (κ3) is 2.15. The summed E-state index contributed by atoms with van der Waals surface area (Å²) in [6.45, 7) is 0. The van der Waals surface area contributed by atoms with Crippen LogP contribution in [0.15, 0.2) is 35.5 Å². The van der Waals surface area contributed by atoms with Crippen molar-refractivity contribution >= 4 is 27.3 Å². The largest absolute Gasteiger partial charge is 0.409 e. The van der Waals surface area contributed by atoms with E-state index in [1.54, 1.807) is 0 Å². The Morgan fingerprint density at radius 2 is 2.19 bits per heavy atom. The van der Waals surface area contributed by atoms with Gasteiger partial charge in [0, 0.05) is 16.0 Å². The van der Waals surface area contributed by atoms with Crippen molar-refractivity contribution in [1.82, 2.24) is 0 Å². The second kappa shape index (κ2) is 4.51. The highest BCUT2D eigenvalue weighted by molar-refractivity contribution is 7.19. The first-order valence-electron chi connectivity index (χ1n) is 4.83. The molecule has 0 fully saturated rings. The Balaban J connectivity index is 2.26. The van der Waals surface area contributed by atoms with Crippen LogP contribution in [0, 0.1) is 0 Å². The summed E-state index contributed by atoms with van der Waals surface area (Å²) in [5.74, 6) is 0.0324. The number of hydrogen-bond donors (Lipinski definition) is 3. The van der Waals surface area contributed by atoms with Crippen molar-refractivity contribution < 1.29 is 10.3 Å². The molecular weight excluding hydrogens is 224 g/mol. The molecule has 0 saturated carbocycles. The van der Waals surface area contributed by atoms with E-state index < -0.39 is 6.10 Å². The Bertz CT molecular complexity index is 488. The molecule has 0 aliphatic heterocycles. The van der Waals surface area contributed by atoms with E-state index in [-0.39, 0.29) is 12.3 Å². The van der Waals surface area contributed by atoms with Gasteiger partial charge >= 0.3 is 0 Å². The van der Waals surface area contributed by atoms with E-state index in [4.69, 9.17) is 10.9 Å². The third-order valence-electron chi connectivity index (χ3n) is 2.30. The first-order chi connectivity index (χ1) is 7.70. The highest BCUT2D eigenvalue weighted by atomic mass is 32.1. The summed E-state index contributed by atoms with van der Waals surface area (Å²) in [5.41, 5.74) is 5.35. The van der Waals surface area contributed by atoms with E-state index in [2.05, 4.69) is 5.16 Å². The summed E-state index contributed by atoms with van der Waals surface area (Å²) in [6, 6.07) is 9.83. The molecular formula is C11H12N2O2S. The Morgan fingerprint density at radius 3 is 2.88 bits per heavy atom. The van der Waals surface area contributed by atoms with Crippen molar-refractivity contribution in [3.63, 3.8) is 0 Å². The monoisotopic (exact) mass is 236 g/mol. The second-order valence-corrected chi connectivity index (χ2v) is 4.61. The minimum absolute atomic E-state index is 0.0324. The van der Waals surface area contributed by atoms with Crippen molar-refractivity contribution in [2.45, 2.75) is 12.5 Å². The molecule has 0 bridgehead atoms. The molecule has 0 aliphatic carbocycles. The number of hydrogen-bond acceptors (Lipinski definition) is 4. The predicted molar refractivity (Wildman–Crippen MR) is 64.8 cm³/mol. The maximum absolute atomic E-state index is 9.86. The standard InChI is InChI=1S/C11H12N2O2S/c12-11(13-15)6-8(14)10-5-7-3-1-2-4-9(7)16-10/h1-5,8,14-15H,6H2,(H2,12,13)/t8-/m0/s1. The van der Waals surface area contributed by atoms with Gasteiger partial charge in [-0.15, -0.1) is 11.3 Å². The van der Waals surface area contributed by atoms with Crippen LogP contribution in [-0.4, -0.2) is 16.1 Å². The number of nitrogens with zero attached hydrogens (tertiary/aromatic N) is 1. The number of rotatable bonds is 3. The number of benzene rings is 1. The second-order valence-electron chi connectivity index (χ2n) is 3.50. The van der Waals surface area contributed by atoms with Crippen LogP contribution in [0.3, 0.4) is 0 Å². The molecule has 1 aromatic heterocycles. The van der Waals surface area contributed by atoms with Crippen LogP contribution < -0.4 is 5.73 Å². The number of nitrogens with two attached hydrogens (primary N) is 1. The summed E-state index contributed by atoms with van der Waals surface area (Å²) < 4.78 is 1.12. The number of amidine groups is 1. The predicted octanol–water partition coefficient (Wildman–Crippen LogP) is 2.07. The maximum Gasteiger partial charge on any atom is 0.142 e. The van der Waals surface area contributed by atoms with Crippen LogP contribution in [0.5, 0.6) is 0 Å². The van der Waals surface area contributed by atoms with Gasteiger partial charge in [-0.1, -0.05) is 23.4 Å². The molecule has 0 spiro atoms. The molecule has 16 heavy (non-hydrogen) atoms. The van der Waals surface area contributed by atoms with Crippen molar-refractivity contribution in [2.24, 2.45) is 10.9 Å². The molecule has 4 N–H and O–H groups in total. The summed E-state index contributed by atoms with van der Waals surface area (Å²) in [4.78, 5) is 0.827. The van der Waals surface area contributed by atoms with Crippen molar-refractivity contribution in [1.29, 1.82) is 0 Å². The quantitative estimate of drug-likeness (QED) is 0.330. The Hall–Kier alpha value is -1.59. The highest BCUT2D eigenvalue weighted by Crippen LogP contribution is 2.30. The number of fused-ring (bicyclic) bond motifs is 1. The van der Waals surface area contributed by atoms with E-state index in [9.17, 15) is 5.11 Å². The molecule has 1 atom stereocenters. The van der Waals surface area contributed by atoms with Crippen LogP contribution in [0.25, 0.3) is 10.1 Å². The normalized spacial score (nSPS) is 14.2. The van der Waals surface area contributed by atoms with Gasteiger partial charge in [-0.05, 0) is 17.5 Å². The molecule has 0 radical (unpaired) electrons. The SMILES string of the molecule is N/C(C[C@H](O)c1cc2ccccc2s1)=N\O. The van der Waals surface area contributed by atoms with Gasteiger partial charge in [0.2, 0.25) is 0 Å². The van der Waals surface area contributed by atoms with Gasteiger partial charge in [0.25, 0.3) is 0 Å². The zero-order valence-corrected chi connectivity index (χ0v) is 9.31. The minimum atomic E-state index is -0.715. The lowest BCUT2D eigenvalue weighted by Gasteiger charge is -2.05. The summed E-state index contributed by atoms with van der Waals surface area (Å²) in [7, 11) is 0. The number of aliphatic hydroxyl groups is 1. The molecule has 5 heteroatoms. The van der Waals surface area contributed by atoms with Crippen LogP contribution in [-0.2, 0) is 0 Å². The van der Waals surface area contributed by atoms with Crippen molar-refractivity contribution in [3.05, 3.63) is 35.2 Å². The summed E-state index contributed by atoms with van der Waals surface area (Å²) in [6.07, 6.45) is -0.572. The molecule has 0 amide bonds. The molecule has 84 valence electrons. The Labute approximate surface area is 96.6 Å². The van der Waals surface area contributed by atoms with E-state index in [1.807, 2.05) is 30.3 Å². The van der Waals surface area contributed by atoms with Gasteiger partial charge in [0.05, 0.1) is 6.10 Å². The fourth-order valence-electron chi connectivity index (χ4n) is 1.51. The van der Waals surface area contributed by atoms with E-state index in [1.165, 1.54) is 11.3 Å². The van der Waals surface area contributed by atoms with E-state index >= 15 is 0 Å². The Kier molecular flexibility index (Phi) is 3.07. The van der Waals surface area contributed by atoms with Crippen LogP contribution >= 0.6 is 11.3 Å². The van der Waals surface area contributed by atoms with Crippen molar-refractivity contribution in [2.75, 3.05) is 0 Å². The van der Waals surface area contributed by atoms with E-state index in [0.29, 0.717) is 0 Å². The van der Waals surface area contributed by atoms with Gasteiger partial charge < -0.3 is 16.0 Å². The molecule has 1 heterocycles. The molecule has 4 nitrogen and oxygen atoms in total. The van der Waals surface area contributed by atoms with Gasteiger partial charge in [-0.2, -0.15) is 0 Å². The molecule has 2 rings (SSSR count). The first-order valence-corrected chi connectivity index (χ1v) is 5.65. The minimum Gasteiger partial charge on any atom is -0.409 e. The average molecular weight is 236 g/mol. The van der Waals surface area contributed by atoms with E-state index in [0.717, 1.165) is 15.0 Å². The fourth-order valence-corrected chi connectivity index (χ4v) is 2.56. The van der Waals surface area contributed by atoms with Gasteiger partial charge in [0.15, 0.2) is 0 Å². The van der Waals surface area contributed by atoms with Crippen LogP contribution in [0.1, 0.15) is 17.4 Å². The summed E-state index contributed by atoms with van der Waals surface area (Å²) >= 11 is 1.52. The highest BCUT2D eigenvalue weighted by Gasteiger charge is 2.13. The van der Waals surface area contributed by atoms with Gasteiger partial charge in [-0.25, -0.2) is 0 Å². The first kappa shape index (κ1) is 10.9. The molecule has 0 aliphatic rings. The topological polar surface area (TPSA) is 78.8 Å². The molecule has 0 unspecified atom stereocenters. The zero-order chi connectivity index (χ0) is 11.5. The number of thiophene rings is 1. The smallest absolute Gasteiger partial charge is 0.142 e. The van der Waals surface area contributed by atoms with Crippen LogP contribution in [0.2, 0.25) is 0 Å². The van der Waals surface area contributed by atoms with Gasteiger partial charge in [0.1, 0.15) is 5.84 Å². The lowest BCUT2D eigenvalue weighted by Crippen LogP contribution is -2.15. The zero-order valence-electron chi connectivity index (χ0n) is 8.50. The lowest BCUT2D eigenvalue weighted by atomic mass is 10.2. The molecule has 2 aromatic rings. The number of aliphatic hydroxyl groups excluding tert-OH is 1. The third-order valence-corrected chi connectivity index (χ3v) is 3.52. The Morgan fingerprint density at radius 1 is 1.44 bits per heavy atom. The molecule has 1 aromatic carbocycles. The van der Waals surface area contributed by atoms with Crippen molar-refractivity contribution in [3.8, 4) is 0 Å². The number of oxime groups is 1. The van der Waals surface area contributed by atoms with Crippen LogP contribution in [0.4, 0.5) is 0 Å². The molecule has 0 saturated heterocycles. The fraction of sp³-hybridized carbons (Fsp3) is 0.182. The lowest BCUT2D eigenvalue weighted by molar-refractivity contribution is 0.188. The average Bonchev–Trinajstić information content (AvgIpc) is 2.72.